The maximum absolute atomic E-state index is 12.5. The number of oxazole rings is 1. The zero-order valence-electron chi connectivity index (χ0n) is 15.3. The summed E-state index contributed by atoms with van der Waals surface area (Å²) in [5.74, 6) is 0.775. The lowest BCUT2D eigenvalue weighted by molar-refractivity contribution is 0.0906. The summed E-state index contributed by atoms with van der Waals surface area (Å²) in [5, 5.41) is 6.85. The van der Waals surface area contributed by atoms with Gasteiger partial charge in [-0.2, -0.15) is 4.98 Å². The molecule has 1 N–H and O–H groups in total. The number of amides is 1. The summed E-state index contributed by atoms with van der Waals surface area (Å²) in [6, 6.07) is -0.152. The molecule has 2 aliphatic rings. The van der Waals surface area contributed by atoms with Crippen LogP contribution in [0.15, 0.2) is 15.3 Å². The van der Waals surface area contributed by atoms with E-state index in [0.29, 0.717) is 36.8 Å². The van der Waals surface area contributed by atoms with Crippen LogP contribution in [0, 0.1) is 19.8 Å². The molecule has 1 aliphatic carbocycles. The Kier molecular flexibility index (Phi) is 4.11. The molecule has 146 valence electrons. The number of aryl methyl sites for hydroxylation is 2. The number of nitrogens with one attached hydrogen (secondary N) is 1. The third-order valence-electron chi connectivity index (χ3n) is 5.55. The van der Waals surface area contributed by atoms with Crippen LogP contribution < -0.4 is 5.32 Å². The maximum Gasteiger partial charge on any atom is 0.289 e. The zero-order chi connectivity index (χ0) is 19.4. The molecule has 1 amide bonds. The summed E-state index contributed by atoms with van der Waals surface area (Å²) in [7, 11) is -3.33. The Hall–Kier alpha value is -2.27. The first-order valence-electron chi connectivity index (χ1n) is 8.66. The topological polar surface area (TPSA) is 131 Å². The molecular formula is C16H21N5O5S. The van der Waals surface area contributed by atoms with Crippen LogP contribution >= 0.6 is 0 Å². The fraction of sp³-hybridized carbons (Fsp3) is 0.625. The molecule has 1 unspecified atom stereocenters. The predicted molar refractivity (Wildman–Crippen MR) is 92.3 cm³/mol. The number of nitrogens with zero attached hydrogens (tertiary/aromatic N) is 4. The Morgan fingerprint density at radius 3 is 2.78 bits per heavy atom. The molecule has 4 rings (SSSR count). The van der Waals surface area contributed by atoms with Crippen molar-refractivity contribution in [3.05, 3.63) is 29.6 Å². The molecule has 27 heavy (non-hydrogen) atoms. The van der Waals surface area contributed by atoms with Gasteiger partial charge < -0.3 is 14.3 Å². The summed E-state index contributed by atoms with van der Waals surface area (Å²) in [5.41, 5.74) is -0.0742. The van der Waals surface area contributed by atoms with Crippen molar-refractivity contribution in [2.75, 3.05) is 19.3 Å². The minimum Gasteiger partial charge on any atom is -0.438 e. The van der Waals surface area contributed by atoms with E-state index < -0.39 is 15.4 Å². The second kappa shape index (κ2) is 6.13. The number of rotatable bonds is 4. The summed E-state index contributed by atoms with van der Waals surface area (Å²) in [4.78, 5) is 20.8. The molecule has 2 aromatic heterocycles. The van der Waals surface area contributed by atoms with E-state index >= 15 is 0 Å². The van der Waals surface area contributed by atoms with E-state index in [1.54, 1.807) is 13.8 Å². The van der Waals surface area contributed by atoms with Gasteiger partial charge >= 0.3 is 0 Å². The van der Waals surface area contributed by atoms with Crippen molar-refractivity contribution in [2.45, 2.75) is 38.1 Å². The summed E-state index contributed by atoms with van der Waals surface area (Å²) in [6.45, 7) is 4.07. The van der Waals surface area contributed by atoms with Crippen LogP contribution in [0.4, 0.5) is 0 Å². The van der Waals surface area contributed by atoms with Crippen LogP contribution in [0.3, 0.4) is 0 Å². The molecule has 2 aromatic rings. The predicted octanol–water partition coefficient (Wildman–Crippen LogP) is 0.396. The third kappa shape index (κ3) is 3.04. The van der Waals surface area contributed by atoms with Gasteiger partial charge in [-0.3, -0.25) is 4.79 Å². The SMILES string of the molecule is Cc1noc([C@]23C[C@H](NC(=O)c4ocnc4C)CC2CN(S(C)(=O)=O)C3)n1. The van der Waals surface area contributed by atoms with Crippen LogP contribution in [-0.4, -0.2) is 59.1 Å². The minimum absolute atomic E-state index is 0.0202. The normalized spacial score (nSPS) is 28.4. The molecule has 2 fully saturated rings. The minimum atomic E-state index is -3.33. The second-order valence-electron chi connectivity index (χ2n) is 7.43. The third-order valence-corrected chi connectivity index (χ3v) is 6.77. The first-order valence-corrected chi connectivity index (χ1v) is 10.5. The van der Waals surface area contributed by atoms with Gasteiger partial charge in [-0.15, -0.1) is 0 Å². The van der Waals surface area contributed by atoms with Crippen molar-refractivity contribution in [3.8, 4) is 0 Å². The number of carbonyl (C=O) groups excluding carboxylic acids is 1. The molecule has 10 nitrogen and oxygen atoms in total. The van der Waals surface area contributed by atoms with Crippen LogP contribution in [0.5, 0.6) is 0 Å². The molecule has 0 spiro atoms. The lowest BCUT2D eigenvalue weighted by Crippen LogP contribution is -2.39. The fourth-order valence-corrected chi connectivity index (χ4v) is 5.20. The molecule has 1 saturated heterocycles. The highest BCUT2D eigenvalue weighted by molar-refractivity contribution is 7.88. The van der Waals surface area contributed by atoms with E-state index in [1.807, 2.05) is 0 Å². The average Bonchev–Trinajstić information content (AvgIpc) is 3.29. The molecule has 11 heteroatoms. The number of carbonyl (C=O) groups is 1. The van der Waals surface area contributed by atoms with Crippen molar-refractivity contribution >= 4 is 15.9 Å². The summed E-state index contributed by atoms with van der Waals surface area (Å²) in [6.07, 6.45) is 3.57. The average molecular weight is 395 g/mol. The Bertz CT molecular complexity index is 983. The first-order chi connectivity index (χ1) is 12.7. The lowest BCUT2D eigenvalue weighted by atomic mass is 9.80. The van der Waals surface area contributed by atoms with Crippen LogP contribution in [0.2, 0.25) is 0 Å². The number of sulfonamides is 1. The fourth-order valence-electron chi connectivity index (χ4n) is 4.29. The molecule has 3 heterocycles. The molecule has 0 bridgehead atoms. The van der Waals surface area contributed by atoms with Gasteiger partial charge in [-0.25, -0.2) is 17.7 Å². The molecule has 1 saturated carbocycles. The monoisotopic (exact) mass is 395 g/mol. The highest BCUT2D eigenvalue weighted by atomic mass is 32.2. The standard InChI is InChI=1S/C16H21N5O5S/c1-9-13(25-8-17-9)14(22)19-12-4-11-6-21(27(3,23)24)7-16(11,5-12)15-18-10(2)20-26-15/h8,11-12H,4-7H2,1-3H3,(H,19,22)/t11?,12-,16+/m1/s1. The van der Waals surface area contributed by atoms with E-state index in [9.17, 15) is 13.2 Å². The Morgan fingerprint density at radius 1 is 1.41 bits per heavy atom. The molecule has 1 aliphatic heterocycles. The van der Waals surface area contributed by atoms with E-state index in [0.717, 1.165) is 0 Å². The quantitative estimate of drug-likeness (QED) is 0.787. The highest BCUT2D eigenvalue weighted by Gasteiger charge is 2.59. The Balaban J connectivity index is 1.59. The molecule has 0 aromatic carbocycles. The number of hydrogen-bond acceptors (Lipinski definition) is 8. The van der Waals surface area contributed by atoms with E-state index in [-0.39, 0.29) is 30.2 Å². The van der Waals surface area contributed by atoms with Crippen LogP contribution in [-0.2, 0) is 15.4 Å². The van der Waals surface area contributed by atoms with E-state index in [4.69, 9.17) is 8.94 Å². The Morgan fingerprint density at radius 2 is 2.19 bits per heavy atom. The molecule has 0 radical (unpaired) electrons. The van der Waals surface area contributed by atoms with Crippen LogP contribution in [0.25, 0.3) is 0 Å². The number of fused-ring (bicyclic) bond motifs is 1. The second-order valence-corrected chi connectivity index (χ2v) is 9.41. The van der Waals surface area contributed by atoms with Crippen molar-refractivity contribution in [1.82, 2.24) is 24.7 Å². The van der Waals surface area contributed by atoms with Gasteiger partial charge in [-0.1, -0.05) is 5.16 Å². The van der Waals surface area contributed by atoms with Crippen molar-refractivity contribution < 1.29 is 22.2 Å². The van der Waals surface area contributed by atoms with E-state index in [2.05, 4.69) is 20.4 Å². The van der Waals surface area contributed by atoms with E-state index in [1.165, 1.54) is 17.0 Å². The molecule has 3 atom stereocenters. The number of aromatic nitrogens is 3. The van der Waals surface area contributed by atoms with Crippen molar-refractivity contribution in [2.24, 2.45) is 5.92 Å². The van der Waals surface area contributed by atoms with Crippen molar-refractivity contribution in [1.29, 1.82) is 0 Å². The summed E-state index contributed by atoms with van der Waals surface area (Å²) >= 11 is 0. The van der Waals surface area contributed by atoms with Gasteiger partial charge in [0, 0.05) is 19.1 Å². The lowest BCUT2D eigenvalue weighted by Gasteiger charge is -2.24. The van der Waals surface area contributed by atoms with Gasteiger partial charge in [-0.05, 0) is 32.6 Å². The van der Waals surface area contributed by atoms with Gasteiger partial charge in [0.15, 0.2) is 12.2 Å². The molecular weight excluding hydrogens is 374 g/mol. The zero-order valence-corrected chi connectivity index (χ0v) is 16.1. The maximum atomic E-state index is 12.5. The largest absolute Gasteiger partial charge is 0.438 e. The van der Waals surface area contributed by atoms with Crippen molar-refractivity contribution in [3.63, 3.8) is 0 Å². The van der Waals surface area contributed by atoms with Gasteiger partial charge in [0.05, 0.1) is 17.4 Å². The van der Waals surface area contributed by atoms with Crippen LogP contribution in [0.1, 0.15) is 40.8 Å². The van der Waals surface area contributed by atoms with Gasteiger partial charge in [0.25, 0.3) is 5.91 Å². The Labute approximate surface area is 156 Å². The smallest absolute Gasteiger partial charge is 0.289 e. The first kappa shape index (κ1) is 18.1. The highest BCUT2D eigenvalue weighted by Crippen LogP contribution is 2.50. The van der Waals surface area contributed by atoms with Gasteiger partial charge in [0.1, 0.15) is 0 Å². The number of hydrogen-bond donors (Lipinski definition) is 1. The summed E-state index contributed by atoms with van der Waals surface area (Å²) < 4.78 is 36.2. The van der Waals surface area contributed by atoms with Gasteiger partial charge in [0.2, 0.25) is 21.7 Å².